The number of nitrogens with one attached hydrogen (secondary N) is 1. The number of aryl methyl sites for hydroxylation is 1. The average molecular weight is 285 g/mol. The summed E-state index contributed by atoms with van der Waals surface area (Å²) in [5.74, 6) is 2.62. The van der Waals surface area contributed by atoms with Crippen molar-refractivity contribution in [3.63, 3.8) is 0 Å². The molecule has 21 heavy (non-hydrogen) atoms. The second kappa shape index (κ2) is 7.62. The summed E-state index contributed by atoms with van der Waals surface area (Å²) < 4.78 is 5.40. The Morgan fingerprint density at radius 1 is 1.14 bits per heavy atom. The summed E-state index contributed by atoms with van der Waals surface area (Å²) >= 11 is 0. The standard InChI is InChI=1S/C17H23N3O/c1-4-8-14-12-16(18-5-2)20-17(19-14)11-13-9-6-7-10-15(13)21-3/h6-7,9-10,12H,4-5,8,11H2,1-3H3,(H,18,19,20). The second-order valence-corrected chi connectivity index (χ2v) is 4.93. The molecule has 112 valence electrons. The van der Waals surface area contributed by atoms with Crippen LogP contribution in [-0.4, -0.2) is 23.6 Å². The smallest absolute Gasteiger partial charge is 0.135 e. The van der Waals surface area contributed by atoms with Gasteiger partial charge in [-0.1, -0.05) is 31.5 Å². The maximum absolute atomic E-state index is 5.40. The number of aromatic nitrogens is 2. The fraction of sp³-hybridized carbons (Fsp3) is 0.412. The number of nitrogens with zero attached hydrogens (tertiary/aromatic N) is 2. The number of methoxy groups -OCH3 is 1. The zero-order valence-corrected chi connectivity index (χ0v) is 13.0. The molecule has 2 rings (SSSR count). The topological polar surface area (TPSA) is 47.0 Å². The molecule has 0 atom stereocenters. The first-order valence-electron chi connectivity index (χ1n) is 7.49. The Kier molecular flexibility index (Phi) is 5.55. The number of para-hydroxylation sites is 1. The number of anilines is 1. The highest BCUT2D eigenvalue weighted by atomic mass is 16.5. The zero-order chi connectivity index (χ0) is 15.1. The van der Waals surface area contributed by atoms with E-state index in [2.05, 4.69) is 35.2 Å². The Labute approximate surface area is 126 Å². The minimum atomic E-state index is 0.681. The molecule has 1 N–H and O–H groups in total. The van der Waals surface area contributed by atoms with Crippen LogP contribution >= 0.6 is 0 Å². The highest BCUT2D eigenvalue weighted by Gasteiger charge is 2.08. The maximum Gasteiger partial charge on any atom is 0.135 e. The third kappa shape index (κ3) is 4.18. The number of rotatable bonds is 7. The molecule has 4 heteroatoms. The fourth-order valence-electron chi connectivity index (χ4n) is 2.31. The van der Waals surface area contributed by atoms with Crippen molar-refractivity contribution in [2.75, 3.05) is 19.0 Å². The summed E-state index contributed by atoms with van der Waals surface area (Å²) in [6.07, 6.45) is 2.73. The van der Waals surface area contributed by atoms with E-state index in [1.165, 1.54) is 0 Å². The van der Waals surface area contributed by atoms with Crippen molar-refractivity contribution in [1.29, 1.82) is 0 Å². The van der Waals surface area contributed by atoms with Crippen LogP contribution in [0.2, 0.25) is 0 Å². The van der Waals surface area contributed by atoms with Gasteiger partial charge in [0.1, 0.15) is 17.4 Å². The van der Waals surface area contributed by atoms with Crippen LogP contribution in [0, 0.1) is 0 Å². The molecule has 0 aliphatic heterocycles. The first-order chi connectivity index (χ1) is 10.3. The summed E-state index contributed by atoms with van der Waals surface area (Å²) in [5.41, 5.74) is 2.20. The predicted molar refractivity (Wildman–Crippen MR) is 86.0 cm³/mol. The first-order valence-corrected chi connectivity index (χ1v) is 7.49. The fourth-order valence-corrected chi connectivity index (χ4v) is 2.31. The van der Waals surface area contributed by atoms with Gasteiger partial charge in [0, 0.05) is 30.3 Å². The van der Waals surface area contributed by atoms with Gasteiger partial charge in [-0.05, 0) is 19.4 Å². The lowest BCUT2D eigenvalue weighted by molar-refractivity contribution is 0.410. The van der Waals surface area contributed by atoms with Crippen molar-refractivity contribution >= 4 is 5.82 Å². The molecule has 0 aliphatic carbocycles. The molecule has 0 saturated carbocycles. The van der Waals surface area contributed by atoms with E-state index in [1.54, 1.807) is 7.11 Å². The number of hydrogen-bond donors (Lipinski definition) is 1. The number of benzene rings is 1. The van der Waals surface area contributed by atoms with Gasteiger partial charge in [0.25, 0.3) is 0 Å². The molecule has 1 heterocycles. The van der Waals surface area contributed by atoms with Gasteiger partial charge in [0.2, 0.25) is 0 Å². The van der Waals surface area contributed by atoms with Crippen LogP contribution in [0.5, 0.6) is 5.75 Å². The minimum Gasteiger partial charge on any atom is -0.496 e. The van der Waals surface area contributed by atoms with Gasteiger partial charge in [0.15, 0.2) is 0 Å². The van der Waals surface area contributed by atoms with Crippen LogP contribution in [-0.2, 0) is 12.8 Å². The van der Waals surface area contributed by atoms with E-state index in [9.17, 15) is 0 Å². The molecule has 0 aliphatic rings. The van der Waals surface area contributed by atoms with Crippen LogP contribution in [0.4, 0.5) is 5.82 Å². The molecular formula is C17H23N3O. The summed E-state index contributed by atoms with van der Waals surface area (Å²) in [6.45, 7) is 5.09. The highest BCUT2D eigenvalue weighted by molar-refractivity contribution is 5.39. The van der Waals surface area contributed by atoms with E-state index in [-0.39, 0.29) is 0 Å². The Morgan fingerprint density at radius 3 is 2.67 bits per heavy atom. The Balaban J connectivity index is 2.29. The molecule has 0 amide bonds. The molecular weight excluding hydrogens is 262 g/mol. The lowest BCUT2D eigenvalue weighted by Crippen LogP contribution is -2.07. The molecule has 0 unspecified atom stereocenters. The zero-order valence-electron chi connectivity index (χ0n) is 13.0. The van der Waals surface area contributed by atoms with Crippen molar-refractivity contribution in [3.05, 3.63) is 47.4 Å². The summed E-state index contributed by atoms with van der Waals surface area (Å²) in [5, 5.41) is 3.28. The van der Waals surface area contributed by atoms with E-state index in [4.69, 9.17) is 4.74 Å². The quantitative estimate of drug-likeness (QED) is 0.846. The molecule has 0 spiro atoms. The van der Waals surface area contributed by atoms with Crippen LogP contribution in [0.3, 0.4) is 0 Å². The number of hydrogen-bond acceptors (Lipinski definition) is 4. The highest BCUT2D eigenvalue weighted by Crippen LogP contribution is 2.20. The third-order valence-electron chi connectivity index (χ3n) is 3.23. The van der Waals surface area contributed by atoms with E-state index >= 15 is 0 Å². The van der Waals surface area contributed by atoms with Gasteiger partial charge in [-0.3, -0.25) is 0 Å². The molecule has 0 radical (unpaired) electrons. The third-order valence-corrected chi connectivity index (χ3v) is 3.23. The Morgan fingerprint density at radius 2 is 1.95 bits per heavy atom. The summed E-state index contributed by atoms with van der Waals surface area (Å²) in [7, 11) is 1.69. The van der Waals surface area contributed by atoms with Crippen molar-refractivity contribution in [1.82, 2.24) is 9.97 Å². The minimum absolute atomic E-state index is 0.681. The van der Waals surface area contributed by atoms with Gasteiger partial charge in [-0.2, -0.15) is 0 Å². The van der Waals surface area contributed by atoms with Crippen molar-refractivity contribution in [2.45, 2.75) is 33.1 Å². The monoisotopic (exact) mass is 285 g/mol. The Hall–Kier alpha value is -2.10. The van der Waals surface area contributed by atoms with Crippen molar-refractivity contribution < 1.29 is 4.74 Å². The SMILES string of the molecule is CCCc1cc(NCC)nc(Cc2ccccc2OC)n1. The van der Waals surface area contributed by atoms with Crippen molar-refractivity contribution in [3.8, 4) is 5.75 Å². The molecule has 4 nitrogen and oxygen atoms in total. The Bertz CT molecular complexity index is 560. The van der Waals surface area contributed by atoms with Crippen LogP contribution in [0.15, 0.2) is 30.3 Å². The molecule has 0 saturated heterocycles. The van der Waals surface area contributed by atoms with Crippen LogP contribution < -0.4 is 10.1 Å². The van der Waals surface area contributed by atoms with Gasteiger partial charge in [0.05, 0.1) is 7.11 Å². The maximum atomic E-state index is 5.40. The average Bonchev–Trinajstić information content (AvgIpc) is 2.48. The molecule has 1 aromatic carbocycles. The lowest BCUT2D eigenvalue weighted by atomic mass is 10.1. The lowest BCUT2D eigenvalue weighted by Gasteiger charge is -2.10. The van der Waals surface area contributed by atoms with Crippen LogP contribution in [0.1, 0.15) is 37.4 Å². The van der Waals surface area contributed by atoms with Crippen molar-refractivity contribution in [2.24, 2.45) is 0 Å². The van der Waals surface area contributed by atoms with E-state index in [1.807, 2.05) is 24.3 Å². The predicted octanol–water partition coefficient (Wildman–Crippen LogP) is 3.46. The van der Waals surface area contributed by atoms with Gasteiger partial charge < -0.3 is 10.1 Å². The first kappa shape index (κ1) is 15.3. The van der Waals surface area contributed by atoms with E-state index in [0.717, 1.165) is 48.0 Å². The molecule has 0 fully saturated rings. The number of ether oxygens (including phenoxy) is 1. The molecule has 0 bridgehead atoms. The summed E-state index contributed by atoms with van der Waals surface area (Å²) in [4.78, 5) is 9.27. The normalized spacial score (nSPS) is 10.4. The largest absolute Gasteiger partial charge is 0.496 e. The van der Waals surface area contributed by atoms with Gasteiger partial charge in [-0.15, -0.1) is 0 Å². The molecule has 2 aromatic rings. The van der Waals surface area contributed by atoms with E-state index < -0.39 is 0 Å². The van der Waals surface area contributed by atoms with Crippen LogP contribution in [0.25, 0.3) is 0 Å². The molecule has 1 aromatic heterocycles. The second-order valence-electron chi connectivity index (χ2n) is 4.93. The van der Waals surface area contributed by atoms with E-state index in [0.29, 0.717) is 6.42 Å². The van der Waals surface area contributed by atoms with Gasteiger partial charge in [-0.25, -0.2) is 9.97 Å². The summed E-state index contributed by atoms with van der Waals surface area (Å²) in [6, 6.07) is 10.1. The van der Waals surface area contributed by atoms with Gasteiger partial charge >= 0.3 is 0 Å².